The summed E-state index contributed by atoms with van der Waals surface area (Å²) in [4.78, 5) is 13.7. The summed E-state index contributed by atoms with van der Waals surface area (Å²) in [7, 11) is 3.80. The van der Waals surface area contributed by atoms with Crippen LogP contribution in [0.1, 0.15) is 19.8 Å². The Hall–Kier alpha value is -0.610. The van der Waals surface area contributed by atoms with E-state index in [1.54, 1.807) is 7.05 Å². The Bertz CT molecular complexity index is 202. The van der Waals surface area contributed by atoms with Crippen LogP contribution in [0.4, 0.5) is 0 Å². The molecule has 0 aromatic heterocycles. The minimum atomic E-state index is 0.0712. The highest BCUT2D eigenvalue weighted by Gasteiger charge is 2.21. The van der Waals surface area contributed by atoms with Crippen molar-refractivity contribution in [2.24, 2.45) is 5.92 Å². The van der Waals surface area contributed by atoms with Gasteiger partial charge in [0.05, 0.1) is 0 Å². The molecule has 1 saturated heterocycles. The third kappa shape index (κ3) is 3.80. The molecule has 0 spiro atoms. The van der Waals surface area contributed by atoms with Crippen LogP contribution in [-0.2, 0) is 4.79 Å². The van der Waals surface area contributed by atoms with E-state index in [1.807, 2.05) is 6.92 Å². The smallest absolute Gasteiger partial charge is 0.223 e. The molecule has 88 valence electrons. The lowest BCUT2D eigenvalue weighted by atomic mass is 10.0. The minimum absolute atomic E-state index is 0.0712. The summed E-state index contributed by atoms with van der Waals surface area (Å²) in [6.45, 7) is 5.00. The first-order valence-electron chi connectivity index (χ1n) is 5.77. The van der Waals surface area contributed by atoms with Gasteiger partial charge in [-0.3, -0.25) is 4.79 Å². The van der Waals surface area contributed by atoms with Gasteiger partial charge in [-0.25, -0.2) is 0 Å². The minimum Gasteiger partial charge on any atom is -0.359 e. The molecular weight excluding hydrogens is 190 g/mol. The van der Waals surface area contributed by atoms with Crippen LogP contribution >= 0.6 is 0 Å². The van der Waals surface area contributed by atoms with Gasteiger partial charge in [0.1, 0.15) is 0 Å². The molecule has 1 aliphatic heterocycles. The molecule has 0 aromatic rings. The zero-order valence-electron chi connectivity index (χ0n) is 10.0. The maximum atomic E-state index is 11.4. The monoisotopic (exact) mass is 213 g/mol. The lowest BCUT2D eigenvalue weighted by Crippen LogP contribution is -2.46. The lowest BCUT2D eigenvalue weighted by Gasteiger charge is -2.32. The maximum absolute atomic E-state index is 11.4. The zero-order chi connectivity index (χ0) is 11.3. The Kier molecular flexibility index (Phi) is 5.05. The normalized spacial score (nSPS) is 23.9. The number of piperidine rings is 1. The molecule has 2 N–H and O–H groups in total. The fourth-order valence-electron chi connectivity index (χ4n) is 2.12. The SMILES string of the molecule is CNC(=O)C(C)CN(C)C1CCCNC1. The van der Waals surface area contributed by atoms with Crippen LogP contribution in [0.2, 0.25) is 0 Å². The van der Waals surface area contributed by atoms with Crippen molar-refractivity contribution in [3.63, 3.8) is 0 Å². The number of carbonyl (C=O) groups excluding carboxylic acids is 1. The van der Waals surface area contributed by atoms with E-state index in [-0.39, 0.29) is 11.8 Å². The van der Waals surface area contributed by atoms with E-state index < -0.39 is 0 Å². The summed E-state index contributed by atoms with van der Waals surface area (Å²) in [6.07, 6.45) is 2.48. The van der Waals surface area contributed by atoms with Gasteiger partial charge in [-0.15, -0.1) is 0 Å². The molecule has 1 aliphatic rings. The van der Waals surface area contributed by atoms with E-state index in [2.05, 4.69) is 22.6 Å². The van der Waals surface area contributed by atoms with Gasteiger partial charge in [-0.2, -0.15) is 0 Å². The number of hydrogen-bond acceptors (Lipinski definition) is 3. The number of hydrogen-bond donors (Lipinski definition) is 2. The highest BCUT2D eigenvalue weighted by molar-refractivity contribution is 5.78. The van der Waals surface area contributed by atoms with Crippen LogP contribution in [-0.4, -0.2) is 50.6 Å². The van der Waals surface area contributed by atoms with Gasteiger partial charge in [0.2, 0.25) is 5.91 Å². The van der Waals surface area contributed by atoms with Crippen molar-refractivity contribution in [3.05, 3.63) is 0 Å². The third-order valence-corrected chi connectivity index (χ3v) is 3.15. The van der Waals surface area contributed by atoms with E-state index in [9.17, 15) is 4.79 Å². The number of likely N-dealkylation sites (N-methyl/N-ethyl adjacent to an activating group) is 1. The largest absolute Gasteiger partial charge is 0.359 e. The number of amides is 1. The van der Waals surface area contributed by atoms with Crippen LogP contribution in [0.25, 0.3) is 0 Å². The van der Waals surface area contributed by atoms with Crippen LogP contribution in [0.15, 0.2) is 0 Å². The fourth-order valence-corrected chi connectivity index (χ4v) is 2.12. The lowest BCUT2D eigenvalue weighted by molar-refractivity contribution is -0.124. The van der Waals surface area contributed by atoms with Crippen molar-refractivity contribution in [1.29, 1.82) is 0 Å². The van der Waals surface area contributed by atoms with E-state index >= 15 is 0 Å². The first kappa shape index (κ1) is 12.5. The molecule has 1 fully saturated rings. The number of nitrogens with zero attached hydrogens (tertiary/aromatic N) is 1. The number of rotatable bonds is 4. The summed E-state index contributed by atoms with van der Waals surface area (Å²) in [6, 6.07) is 0.589. The molecule has 4 heteroatoms. The Morgan fingerprint density at radius 2 is 2.40 bits per heavy atom. The molecule has 0 aliphatic carbocycles. The van der Waals surface area contributed by atoms with E-state index in [4.69, 9.17) is 0 Å². The molecule has 2 atom stereocenters. The standard InChI is InChI=1S/C11H23N3O/c1-9(11(15)12-2)8-14(3)10-5-4-6-13-7-10/h9-10,13H,4-8H2,1-3H3,(H,12,15). The molecule has 0 saturated carbocycles. The molecule has 2 unspecified atom stereocenters. The first-order chi connectivity index (χ1) is 7.15. The summed E-state index contributed by atoms with van der Waals surface area (Å²) >= 11 is 0. The van der Waals surface area contributed by atoms with Gasteiger partial charge < -0.3 is 15.5 Å². The van der Waals surface area contributed by atoms with Gasteiger partial charge in [0.15, 0.2) is 0 Å². The van der Waals surface area contributed by atoms with Crippen molar-refractivity contribution in [3.8, 4) is 0 Å². The second-order valence-electron chi connectivity index (χ2n) is 4.46. The Labute approximate surface area is 92.4 Å². The van der Waals surface area contributed by atoms with Crippen LogP contribution in [0.3, 0.4) is 0 Å². The second-order valence-corrected chi connectivity index (χ2v) is 4.46. The molecular formula is C11H23N3O. The maximum Gasteiger partial charge on any atom is 0.223 e. The topological polar surface area (TPSA) is 44.4 Å². The molecule has 0 bridgehead atoms. The van der Waals surface area contributed by atoms with Gasteiger partial charge >= 0.3 is 0 Å². The van der Waals surface area contributed by atoms with E-state index in [0.717, 1.165) is 19.6 Å². The summed E-state index contributed by atoms with van der Waals surface area (Å²) < 4.78 is 0. The predicted octanol–water partition coefficient (Wildman–Crippen LogP) is 0.0523. The Morgan fingerprint density at radius 1 is 1.67 bits per heavy atom. The zero-order valence-corrected chi connectivity index (χ0v) is 10.0. The molecule has 0 aromatic carbocycles. The average Bonchev–Trinajstić information content (AvgIpc) is 2.29. The van der Waals surface area contributed by atoms with E-state index in [0.29, 0.717) is 6.04 Å². The van der Waals surface area contributed by atoms with Gasteiger partial charge in [0.25, 0.3) is 0 Å². The van der Waals surface area contributed by atoms with Crippen molar-refractivity contribution < 1.29 is 4.79 Å². The summed E-state index contributed by atoms with van der Waals surface area (Å²) in [5.74, 6) is 0.201. The van der Waals surface area contributed by atoms with Gasteiger partial charge in [-0.05, 0) is 26.4 Å². The number of nitrogens with one attached hydrogen (secondary N) is 2. The van der Waals surface area contributed by atoms with Crippen molar-refractivity contribution in [2.75, 3.05) is 33.7 Å². The highest BCUT2D eigenvalue weighted by atomic mass is 16.1. The first-order valence-corrected chi connectivity index (χ1v) is 5.77. The molecule has 0 radical (unpaired) electrons. The molecule has 1 heterocycles. The van der Waals surface area contributed by atoms with Crippen LogP contribution in [0.5, 0.6) is 0 Å². The predicted molar refractivity (Wildman–Crippen MR) is 61.8 cm³/mol. The van der Waals surface area contributed by atoms with Gasteiger partial charge in [0, 0.05) is 32.1 Å². The second kappa shape index (κ2) is 6.08. The van der Waals surface area contributed by atoms with Crippen molar-refractivity contribution >= 4 is 5.91 Å². The number of carbonyl (C=O) groups is 1. The van der Waals surface area contributed by atoms with E-state index in [1.165, 1.54) is 12.8 Å². The van der Waals surface area contributed by atoms with Crippen molar-refractivity contribution in [1.82, 2.24) is 15.5 Å². The highest BCUT2D eigenvalue weighted by Crippen LogP contribution is 2.10. The molecule has 1 amide bonds. The Balaban J connectivity index is 2.33. The fraction of sp³-hybridized carbons (Fsp3) is 0.909. The van der Waals surface area contributed by atoms with Crippen LogP contribution in [0, 0.1) is 5.92 Å². The molecule has 15 heavy (non-hydrogen) atoms. The summed E-state index contributed by atoms with van der Waals surface area (Å²) in [5.41, 5.74) is 0. The van der Waals surface area contributed by atoms with Crippen LogP contribution < -0.4 is 10.6 Å². The molecule has 4 nitrogen and oxygen atoms in total. The summed E-state index contributed by atoms with van der Waals surface area (Å²) in [5, 5.41) is 6.08. The molecule has 1 rings (SSSR count). The third-order valence-electron chi connectivity index (χ3n) is 3.15. The van der Waals surface area contributed by atoms with Gasteiger partial charge in [-0.1, -0.05) is 6.92 Å². The Morgan fingerprint density at radius 3 is 2.93 bits per heavy atom. The quantitative estimate of drug-likeness (QED) is 0.694. The van der Waals surface area contributed by atoms with Crippen molar-refractivity contribution in [2.45, 2.75) is 25.8 Å². The average molecular weight is 213 g/mol.